The van der Waals surface area contributed by atoms with Gasteiger partial charge in [-0.1, -0.05) is 42.5 Å². The van der Waals surface area contributed by atoms with Crippen molar-refractivity contribution in [2.24, 2.45) is 5.73 Å². The van der Waals surface area contributed by atoms with Crippen LogP contribution >= 0.6 is 0 Å². The van der Waals surface area contributed by atoms with E-state index >= 15 is 0 Å². The first-order valence-corrected chi connectivity index (χ1v) is 9.91. The van der Waals surface area contributed by atoms with Crippen molar-refractivity contribution in [3.8, 4) is 0 Å². The van der Waals surface area contributed by atoms with Crippen LogP contribution in [-0.4, -0.2) is 46.0 Å². The van der Waals surface area contributed by atoms with Gasteiger partial charge in [-0.15, -0.1) is 0 Å². The van der Waals surface area contributed by atoms with E-state index in [-0.39, 0.29) is 11.6 Å². The number of piperidine rings is 1. The third kappa shape index (κ3) is 4.03. The van der Waals surface area contributed by atoms with Crippen molar-refractivity contribution >= 4 is 29.4 Å². The van der Waals surface area contributed by atoms with E-state index in [2.05, 4.69) is 17.1 Å². The first kappa shape index (κ1) is 19.6. The fourth-order valence-corrected chi connectivity index (χ4v) is 4.08. The van der Waals surface area contributed by atoms with Crippen LogP contribution in [0.4, 0.5) is 0 Å². The summed E-state index contributed by atoms with van der Waals surface area (Å²) in [5.74, 6) is 0.233. The van der Waals surface area contributed by atoms with Crippen molar-refractivity contribution in [3.63, 3.8) is 0 Å². The van der Waals surface area contributed by atoms with Crippen molar-refractivity contribution in [1.82, 2.24) is 9.88 Å². The number of carbonyl (C=O) groups is 1. The zero-order valence-electron chi connectivity index (χ0n) is 16.2. The maximum absolute atomic E-state index is 13.0. The molecule has 2 heterocycles. The maximum atomic E-state index is 13.0. The lowest BCUT2D eigenvalue weighted by atomic mass is 9.77. The highest BCUT2D eigenvalue weighted by Gasteiger charge is 2.27. The van der Waals surface area contributed by atoms with Gasteiger partial charge in [0, 0.05) is 19.6 Å². The Kier molecular flexibility index (Phi) is 5.62. The normalized spacial score (nSPS) is 14.9. The number of para-hydroxylation sites is 1. The third-order valence-corrected chi connectivity index (χ3v) is 5.69. The number of amides is 1. The number of benzene rings is 2. The Morgan fingerprint density at radius 1 is 1.10 bits per heavy atom. The molecule has 4 N–H and O–H groups in total. The monoisotopic (exact) mass is 389 g/mol. The lowest BCUT2D eigenvalue weighted by Gasteiger charge is -2.32. The van der Waals surface area contributed by atoms with Gasteiger partial charge in [-0.25, -0.2) is 4.98 Å². The second-order valence-electron chi connectivity index (χ2n) is 7.50. The van der Waals surface area contributed by atoms with Crippen molar-refractivity contribution in [1.29, 1.82) is 0 Å². The van der Waals surface area contributed by atoms with Gasteiger partial charge in [0.05, 0.1) is 5.52 Å². The first-order valence-electron chi connectivity index (χ1n) is 9.91. The van der Waals surface area contributed by atoms with Crippen molar-refractivity contribution < 1.29 is 14.8 Å². The number of rotatable bonds is 4. The molecule has 6 nitrogen and oxygen atoms in total. The molecule has 1 saturated heterocycles. The molecule has 0 unspecified atom stereocenters. The summed E-state index contributed by atoms with van der Waals surface area (Å²) in [4.78, 5) is 19.3. The molecular weight excluding hydrogens is 365 g/mol. The second kappa shape index (κ2) is 8.33. The number of hydrogen-bond donors (Lipinski definition) is 3. The number of nitrogens with two attached hydrogens (primary N) is 1. The topological polar surface area (TPSA) is 99.7 Å². The molecular formula is C22H24BN3O3. The number of likely N-dealkylation sites (tertiary alicyclic amines) is 1. The molecule has 1 fully saturated rings. The van der Waals surface area contributed by atoms with Crippen molar-refractivity contribution in [3.05, 3.63) is 71.4 Å². The molecule has 29 heavy (non-hydrogen) atoms. The minimum Gasteiger partial charge on any atom is -0.423 e. The quantitative estimate of drug-likeness (QED) is 0.586. The van der Waals surface area contributed by atoms with Crippen LogP contribution in [0.5, 0.6) is 0 Å². The maximum Gasteiger partial charge on any atom is 0.489 e. The van der Waals surface area contributed by atoms with Gasteiger partial charge in [-0.3, -0.25) is 4.79 Å². The van der Waals surface area contributed by atoms with Gasteiger partial charge in [0.2, 0.25) is 0 Å². The molecule has 7 heteroatoms. The molecule has 1 aromatic heterocycles. The second-order valence-corrected chi connectivity index (χ2v) is 7.50. The van der Waals surface area contributed by atoms with Gasteiger partial charge >= 0.3 is 7.12 Å². The van der Waals surface area contributed by atoms with Crippen molar-refractivity contribution in [2.45, 2.75) is 25.3 Å². The fourth-order valence-electron chi connectivity index (χ4n) is 4.08. The summed E-state index contributed by atoms with van der Waals surface area (Å²) in [5, 5.41) is 20.1. The highest BCUT2D eigenvalue weighted by Crippen LogP contribution is 2.29. The molecule has 0 spiro atoms. The average Bonchev–Trinajstić information content (AvgIpc) is 2.78. The molecule has 0 radical (unpaired) electrons. The molecule has 2 aromatic carbocycles. The van der Waals surface area contributed by atoms with E-state index in [9.17, 15) is 14.8 Å². The lowest BCUT2D eigenvalue weighted by Crippen LogP contribution is -2.39. The highest BCUT2D eigenvalue weighted by molar-refractivity contribution is 6.62. The van der Waals surface area contributed by atoms with Crippen LogP contribution in [0.25, 0.3) is 10.9 Å². The van der Waals surface area contributed by atoms with Gasteiger partial charge in [-0.05, 0) is 52.9 Å². The van der Waals surface area contributed by atoms with Gasteiger partial charge in [-0.2, -0.15) is 0 Å². The third-order valence-electron chi connectivity index (χ3n) is 5.69. The SMILES string of the molecule is NCc1cccc(C2CCN(C(=O)c3cc(B(O)O)c4ccccc4n3)CC2)c1. The van der Waals surface area contributed by atoms with E-state index in [1.165, 1.54) is 11.6 Å². The summed E-state index contributed by atoms with van der Waals surface area (Å²) in [6, 6.07) is 17.0. The van der Waals surface area contributed by atoms with Crippen LogP contribution in [-0.2, 0) is 6.54 Å². The number of hydrogen-bond acceptors (Lipinski definition) is 5. The van der Waals surface area contributed by atoms with E-state index in [4.69, 9.17) is 5.73 Å². The Hall–Kier alpha value is -2.74. The molecule has 0 atom stereocenters. The van der Waals surface area contributed by atoms with Crippen LogP contribution in [0, 0.1) is 0 Å². The summed E-state index contributed by atoms with van der Waals surface area (Å²) >= 11 is 0. The van der Waals surface area contributed by atoms with Gasteiger partial charge in [0.15, 0.2) is 0 Å². The standard InChI is InChI=1S/C22H24BN3O3/c24-14-15-4-3-5-17(12-15)16-8-10-26(11-9-16)22(27)21-13-19(23(28)29)18-6-1-2-7-20(18)25-21/h1-7,12-13,16,28-29H,8-11,14,24H2. The Balaban J connectivity index is 1.52. The van der Waals surface area contributed by atoms with E-state index in [1.807, 2.05) is 24.3 Å². The minimum absolute atomic E-state index is 0.174. The Bertz CT molecular complexity index is 1030. The summed E-state index contributed by atoms with van der Waals surface area (Å²) in [6.45, 7) is 1.81. The molecule has 1 amide bonds. The molecule has 0 aliphatic carbocycles. The van der Waals surface area contributed by atoms with Crippen LogP contribution in [0.15, 0.2) is 54.6 Å². The van der Waals surface area contributed by atoms with Crippen LogP contribution in [0.2, 0.25) is 0 Å². The van der Waals surface area contributed by atoms with E-state index in [1.54, 1.807) is 17.0 Å². The number of pyridine rings is 1. The number of nitrogens with zero attached hydrogens (tertiary/aromatic N) is 2. The predicted octanol–water partition coefficient (Wildman–Crippen LogP) is 1.39. The van der Waals surface area contributed by atoms with Crippen LogP contribution in [0.1, 0.15) is 40.4 Å². The predicted molar refractivity (Wildman–Crippen MR) is 114 cm³/mol. The Labute approximate surface area is 170 Å². The molecule has 1 aliphatic rings. The van der Waals surface area contributed by atoms with Gasteiger partial charge in [0.25, 0.3) is 5.91 Å². The number of aromatic nitrogens is 1. The average molecular weight is 389 g/mol. The van der Waals surface area contributed by atoms with Crippen LogP contribution in [0.3, 0.4) is 0 Å². The molecule has 4 rings (SSSR count). The number of carbonyl (C=O) groups excluding carboxylic acids is 1. The zero-order chi connectivity index (χ0) is 20.4. The Morgan fingerprint density at radius 2 is 1.86 bits per heavy atom. The largest absolute Gasteiger partial charge is 0.489 e. The van der Waals surface area contributed by atoms with E-state index < -0.39 is 7.12 Å². The van der Waals surface area contributed by atoms with E-state index in [0.29, 0.717) is 41.9 Å². The highest BCUT2D eigenvalue weighted by atomic mass is 16.4. The molecule has 0 bridgehead atoms. The zero-order valence-corrected chi connectivity index (χ0v) is 16.2. The summed E-state index contributed by atoms with van der Waals surface area (Å²) in [5.41, 5.74) is 9.27. The molecule has 0 saturated carbocycles. The lowest BCUT2D eigenvalue weighted by molar-refractivity contribution is 0.0707. The Morgan fingerprint density at radius 3 is 2.59 bits per heavy atom. The molecule has 3 aromatic rings. The van der Waals surface area contributed by atoms with Crippen molar-refractivity contribution in [2.75, 3.05) is 13.1 Å². The van der Waals surface area contributed by atoms with Gasteiger partial charge in [0.1, 0.15) is 5.69 Å². The molecule has 1 aliphatic heterocycles. The molecule has 148 valence electrons. The first-order chi connectivity index (χ1) is 14.1. The fraction of sp³-hybridized carbons (Fsp3) is 0.273. The van der Waals surface area contributed by atoms with Gasteiger partial charge < -0.3 is 20.7 Å². The van der Waals surface area contributed by atoms with E-state index in [0.717, 1.165) is 18.4 Å². The number of fused-ring (bicyclic) bond motifs is 1. The summed E-state index contributed by atoms with van der Waals surface area (Å²) < 4.78 is 0. The summed E-state index contributed by atoms with van der Waals surface area (Å²) in [6.07, 6.45) is 1.76. The minimum atomic E-state index is -1.66. The summed E-state index contributed by atoms with van der Waals surface area (Å²) in [7, 11) is -1.66. The smallest absolute Gasteiger partial charge is 0.423 e. The van der Waals surface area contributed by atoms with Crippen LogP contribution < -0.4 is 11.2 Å².